The van der Waals surface area contributed by atoms with Gasteiger partial charge in [-0.2, -0.15) is 0 Å². The third kappa shape index (κ3) is 3.90. The number of carboxylic acid groups (broad SMARTS) is 1. The third-order valence-electron chi connectivity index (χ3n) is 3.93. The highest BCUT2D eigenvalue weighted by Crippen LogP contribution is 2.25. The number of nitrogens with zero attached hydrogens (tertiary/aromatic N) is 2. The second kappa shape index (κ2) is 7.59. The van der Waals surface area contributed by atoms with Crippen LogP contribution in [0.5, 0.6) is 0 Å². The second-order valence-corrected chi connectivity index (χ2v) is 5.65. The number of methoxy groups -OCH3 is 1. The van der Waals surface area contributed by atoms with Gasteiger partial charge in [-0.25, -0.2) is 9.59 Å². The van der Waals surface area contributed by atoms with Crippen molar-refractivity contribution in [3.05, 3.63) is 66.0 Å². The molecule has 0 aliphatic rings. The molecule has 0 bridgehead atoms. The van der Waals surface area contributed by atoms with E-state index in [0.29, 0.717) is 0 Å². The predicted octanol–water partition coefficient (Wildman–Crippen LogP) is 2.74. The van der Waals surface area contributed by atoms with Crippen LogP contribution >= 0.6 is 0 Å². The van der Waals surface area contributed by atoms with E-state index >= 15 is 0 Å². The quantitative estimate of drug-likeness (QED) is 0.825. The first-order valence-electron chi connectivity index (χ1n) is 7.49. The van der Waals surface area contributed by atoms with Crippen LogP contribution < -0.4 is 0 Å². The van der Waals surface area contributed by atoms with Gasteiger partial charge in [-0.15, -0.1) is 0 Å². The number of ether oxygens (including phenoxy) is 1. The molecule has 24 heavy (non-hydrogen) atoms. The van der Waals surface area contributed by atoms with Crippen LogP contribution in [0.2, 0.25) is 0 Å². The van der Waals surface area contributed by atoms with Gasteiger partial charge in [0, 0.05) is 18.8 Å². The van der Waals surface area contributed by atoms with Crippen molar-refractivity contribution in [1.29, 1.82) is 0 Å². The Labute approximate surface area is 140 Å². The average molecular weight is 328 g/mol. The number of pyridine rings is 1. The van der Waals surface area contributed by atoms with Crippen molar-refractivity contribution in [2.24, 2.45) is 0 Å². The van der Waals surface area contributed by atoms with E-state index in [4.69, 9.17) is 4.74 Å². The second-order valence-electron chi connectivity index (χ2n) is 5.65. The van der Waals surface area contributed by atoms with Crippen LogP contribution in [0.15, 0.2) is 54.9 Å². The van der Waals surface area contributed by atoms with Gasteiger partial charge in [-0.05, 0) is 30.2 Å². The fourth-order valence-corrected chi connectivity index (χ4v) is 2.61. The highest BCUT2D eigenvalue weighted by Gasteiger charge is 2.43. The third-order valence-corrected chi connectivity index (χ3v) is 3.93. The molecule has 1 aromatic carbocycles. The highest BCUT2D eigenvalue weighted by atomic mass is 16.5. The first-order valence-corrected chi connectivity index (χ1v) is 7.49. The van der Waals surface area contributed by atoms with Gasteiger partial charge in [0.25, 0.3) is 0 Å². The van der Waals surface area contributed by atoms with E-state index in [0.717, 1.165) is 16.0 Å². The fraction of sp³-hybridized carbons (Fsp3) is 0.278. The largest absolute Gasteiger partial charge is 0.467 e. The maximum Gasteiger partial charge on any atom is 0.408 e. The Hall–Kier alpha value is -2.89. The van der Waals surface area contributed by atoms with Gasteiger partial charge in [-0.1, -0.05) is 30.3 Å². The lowest BCUT2D eigenvalue weighted by molar-refractivity contribution is -0.153. The van der Waals surface area contributed by atoms with Crippen molar-refractivity contribution in [2.75, 3.05) is 7.11 Å². The summed E-state index contributed by atoms with van der Waals surface area (Å²) >= 11 is 0. The molecule has 0 saturated heterocycles. The Balaban J connectivity index is 2.38. The zero-order valence-corrected chi connectivity index (χ0v) is 13.7. The number of benzene rings is 1. The summed E-state index contributed by atoms with van der Waals surface area (Å²) in [5.41, 5.74) is 0.257. The Kier molecular flexibility index (Phi) is 5.52. The summed E-state index contributed by atoms with van der Waals surface area (Å²) < 4.78 is 4.90. The van der Waals surface area contributed by atoms with E-state index in [1.807, 2.05) is 30.3 Å². The van der Waals surface area contributed by atoms with Gasteiger partial charge in [0.1, 0.15) is 5.54 Å². The lowest BCUT2D eigenvalue weighted by Crippen LogP contribution is -2.56. The standard InChI is InChI=1S/C18H20N2O4/c1-18(16(21)24-2,12-14-6-4-3-5-7-14)20(17(22)23)13-15-8-10-19-11-9-15/h3-11H,12-13H2,1-2H3,(H,22,23)/t18-/m0/s1. The zero-order chi connectivity index (χ0) is 17.6. The predicted molar refractivity (Wildman–Crippen MR) is 88.4 cm³/mol. The molecular formula is C18H20N2O4. The summed E-state index contributed by atoms with van der Waals surface area (Å²) in [5, 5.41) is 9.70. The molecule has 1 aromatic heterocycles. The Morgan fingerprint density at radius 2 is 1.75 bits per heavy atom. The van der Waals surface area contributed by atoms with Gasteiger partial charge in [0.2, 0.25) is 0 Å². The van der Waals surface area contributed by atoms with Gasteiger partial charge in [0.15, 0.2) is 0 Å². The average Bonchev–Trinajstić information content (AvgIpc) is 2.60. The zero-order valence-electron chi connectivity index (χ0n) is 13.7. The van der Waals surface area contributed by atoms with Crippen LogP contribution in [0.4, 0.5) is 4.79 Å². The Morgan fingerprint density at radius 1 is 1.12 bits per heavy atom. The summed E-state index contributed by atoms with van der Waals surface area (Å²) in [6, 6.07) is 12.7. The van der Waals surface area contributed by atoms with E-state index in [2.05, 4.69) is 4.98 Å². The van der Waals surface area contributed by atoms with Crippen molar-refractivity contribution in [1.82, 2.24) is 9.88 Å². The summed E-state index contributed by atoms with van der Waals surface area (Å²) in [4.78, 5) is 29.3. The lowest BCUT2D eigenvalue weighted by atomic mass is 9.90. The Bertz CT molecular complexity index is 691. The first kappa shape index (κ1) is 17.5. The minimum atomic E-state index is -1.34. The van der Waals surface area contributed by atoms with Crippen LogP contribution in [0.1, 0.15) is 18.1 Å². The highest BCUT2D eigenvalue weighted by molar-refractivity contribution is 5.85. The molecule has 0 saturated carbocycles. The minimum absolute atomic E-state index is 0.0658. The molecule has 0 fully saturated rings. The molecule has 2 rings (SSSR count). The molecule has 0 aliphatic heterocycles. The van der Waals surface area contributed by atoms with E-state index < -0.39 is 17.6 Å². The molecule has 6 heteroatoms. The maximum atomic E-state index is 12.4. The molecule has 2 aromatic rings. The summed E-state index contributed by atoms with van der Waals surface area (Å²) in [5.74, 6) is -0.595. The molecule has 0 spiro atoms. The first-order chi connectivity index (χ1) is 11.5. The summed E-state index contributed by atoms with van der Waals surface area (Å²) in [6.45, 7) is 1.65. The fourth-order valence-electron chi connectivity index (χ4n) is 2.61. The normalized spacial score (nSPS) is 12.9. The van der Waals surface area contributed by atoms with Crippen LogP contribution in [0.25, 0.3) is 0 Å². The van der Waals surface area contributed by atoms with Crippen LogP contribution in [0.3, 0.4) is 0 Å². The van der Waals surface area contributed by atoms with E-state index in [9.17, 15) is 14.7 Å². The minimum Gasteiger partial charge on any atom is -0.467 e. The van der Waals surface area contributed by atoms with Gasteiger partial charge in [0.05, 0.1) is 13.7 Å². The number of hydrogen-bond acceptors (Lipinski definition) is 4. The molecule has 6 nitrogen and oxygen atoms in total. The van der Waals surface area contributed by atoms with Crippen molar-refractivity contribution in [3.63, 3.8) is 0 Å². The molecule has 1 atom stereocenters. The van der Waals surface area contributed by atoms with Crippen LogP contribution in [-0.4, -0.2) is 39.7 Å². The van der Waals surface area contributed by atoms with Gasteiger partial charge in [-0.3, -0.25) is 9.88 Å². The molecule has 0 aliphatic carbocycles. The molecule has 1 N–H and O–H groups in total. The maximum absolute atomic E-state index is 12.4. The molecule has 126 valence electrons. The van der Waals surface area contributed by atoms with Crippen molar-refractivity contribution in [3.8, 4) is 0 Å². The lowest BCUT2D eigenvalue weighted by Gasteiger charge is -2.37. The number of amides is 1. The summed E-state index contributed by atoms with van der Waals surface area (Å²) in [6.07, 6.45) is 2.21. The Morgan fingerprint density at radius 3 is 2.29 bits per heavy atom. The molecular weight excluding hydrogens is 308 g/mol. The summed E-state index contributed by atoms with van der Waals surface area (Å²) in [7, 11) is 1.26. The van der Waals surface area contributed by atoms with Crippen molar-refractivity contribution < 1.29 is 19.4 Å². The number of aromatic nitrogens is 1. The molecule has 0 radical (unpaired) electrons. The van der Waals surface area contributed by atoms with Gasteiger partial charge >= 0.3 is 12.1 Å². The molecule has 1 heterocycles. The van der Waals surface area contributed by atoms with E-state index in [1.54, 1.807) is 31.5 Å². The number of hydrogen-bond donors (Lipinski definition) is 1. The number of rotatable bonds is 6. The monoisotopic (exact) mass is 328 g/mol. The topological polar surface area (TPSA) is 79.7 Å². The number of carbonyl (C=O) groups excluding carboxylic acids is 1. The van der Waals surface area contributed by atoms with Crippen molar-refractivity contribution >= 4 is 12.1 Å². The number of esters is 1. The smallest absolute Gasteiger partial charge is 0.408 e. The van der Waals surface area contributed by atoms with Crippen molar-refractivity contribution in [2.45, 2.75) is 25.4 Å². The SMILES string of the molecule is COC(=O)[C@](C)(Cc1ccccc1)N(Cc1ccncc1)C(=O)O. The number of carbonyl (C=O) groups is 2. The molecule has 0 unspecified atom stereocenters. The van der Waals surface area contributed by atoms with Crippen LogP contribution in [0, 0.1) is 0 Å². The van der Waals surface area contributed by atoms with E-state index in [-0.39, 0.29) is 13.0 Å². The van der Waals surface area contributed by atoms with Crippen LogP contribution in [-0.2, 0) is 22.5 Å². The van der Waals surface area contributed by atoms with Gasteiger partial charge < -0.3 is 9.84 Å². The van der Waals surface area contributed by atoms with E-state index in [1.165, 1.54) is 7.11 Å². The molecule has 1 amide bonds.